The second-order valence-corrected chi connectivity index (χ2v) is 6.11. The second kappa shape index (κ2) is 8.08. The third-order valence-electron chi connectivity index (χ3n) is 4.30. The highest BCUT2D eigenvalue weighted by molar-refractivity contribution is 5.75. The van der Waals surface area contributed by atoms with Crippen LogP contribution >= 0.6 is 0 Å². The van der Waals surface area contributed by atoms with Crippen molar-refractivity contribution < 1.29 is 18.4 Å². The van der Waals surface area contributed by atoms with Crippen molar-refractivity contribution in [3.8, 4) is 0 Å². The molecule has 0 saturated carbocycles. The number of amides is 3. The summed E-state index contributed by atoms with van der Waals surface area (Å²) in [5.74, 6) is -1.88. The number of hydrogen-bond donors (Lipinski definition) is 1. The molecule has 0 unspecified atom stereocenters. The van der Waals surface area contributed by atoms with Gasteiger partial charge in [0, 0.05) is 39.6 Å². The molecular formula is C17H23F2N3O2. The van der Waals surface area contributed by atoms with Crippen LogP contribution in [0.1, 0.15) is 31.7 Å². The summed E-state index contributed by atoms with van der Waals surface area (Å²) < 4.78 is 26.2. The smallest absolute Gasteiger partial charge is 0.317 e. The lowest BCUT2D eigenvalue weighted by molar-refractivity contribution is -0.128. The van der Waals surface area contributed by atoms with E-state index in [1.165, 1.54) is 13.0 Å². The van der Waals surface area contributed by atoms with Gasteiger partial charge < -0.3 is 15.1 Å². The Bertz CT molecular complexity index is 609. The van der Waals surface area contributed by atoms with Gasteiger partial charge in [-0.1, -0.05) is 13.0 Å². The second-order valence-electron chi connectivity index (χ2n) is 6.11. The molecule has 7 heteroatoms. The van der Waals surface area contributed by atoms with Gasteiger partial charge in [-0.3, -0.25) is 4.79 Å². The van der Waals surface area contributed by atoms with Gasteiger partial charge in [0.2, 0.25) is 5.91 Å². The highest BCUT2D eigenvalue weighted by atomic mass is 19.2. The largest absolute Gasteiger partial charge is 0.341 e. The van der Waals surface area contributed by atoms with Gasteiger partial charge in [0.1, 0.15) is 0 Å². The number of nitrogens with one attached hydrogen (secondary N) is 1. The first-order valence-corrected chi connectivity index (χ1v) is 8.11. The van der Waals surface area contributed by atoms with Crippen LogP contribution in [0.3, 0.4) is 0 Å². The number of carbonyl (C=O) groups is 2. The monoisotopic (exact) mass is 339 g/mol. The van der Waals surface area contributed by atoms with E-state index < -0.39 is 11.6 Å². The molecule has 1 fully saturated rings. The Kier molecular flexibility index (Phi) is 6.11. The van der Waals surface area contributed by atoms with Crippen molar-refractivity contribution in [2.75, 3.05) is 32.7 Å². The standard InChI is InChI=1S/C17H23F2N3O2/c1-12(14-4-5-15(18)16(19)10-14)11-20-17(24)22-7-3-6-21(8-9-22)13(2)23/h4-5,10,12H,3,6-9,11H2,1-2H3,(H,20,24)/t12-/m1/s1. The van der Waals surface area contributed by atoms with Gasteiger partial charge in [0.05, 0.1) is 0 Å². The van der Waals surface area contributed by atoms with Gasteiger partial charge in [-0.05, 0) is 30.0 Å². The number of hydrogen-bond acceptors (Lipinski definition) is 2. The van der Waals surface area contributed by atoms with E-state index in [1.807, 2.05) is 6.92 Å². The normalized spacial score (nSPS) is 16.5. The molecule has 0 aliphatic carbocycles. The van der Waals surface area contributed by atoms with E-state index in [1.54, 1.807) is 9.80 Å². The number of halogens is 2. The molecule has 3 amide bonds. The molecule has 1 aliphatic rings. The molecule has 24 heavy (non-hydrogen) atoms. The molecule has 1 saturated heterocycles. The quantitative estimate of drug-likeness (QED) is 0.919. The molecule has 1 aliphatic heterocycles. The molecule has 0 bridgehead atoms. The van der Waals surface area contributed by atoms with Crippen LogP contribution in [-0.4, -0.2) is 54.5 Å². The fourth-order valence-corrected chi connectivity index (χ4v) is 2.72. The summed E-state index contributed by atoms with van der Waals surface area (Å²) in [5, 5.41) is 2.82. The van der Waals surface area contributed by atoms with Crippen molar-refractivity contribution >= 4 is 11.9 Å². The Labute approximate surface area is 140 Å². The van der Waals surface area contributed by atoms with Crippen LogP contribution in [-0.2, 0) is 4.79 Å². The zero-order valence-corrected chi connectivity index (χ0v) is 14.0. The highest BCUT2D eigenvalue weighted by Crippen LogP contribution is 2.17. The van der Waals surface area contributed by atoms with E-state index in [0.29, 0.717) is 38.3 Å². The SMILES string of the molecule is CC(=O)N1CCCN(C(=O)NC[C@@H](C)c2ccc(F)c(F)c2)CC1. The van der Waals surface area contributed by atoms with Gasteiger partial charge in [-0.15, -0.1) is 0 Å². The zero-order chi connectivity index (χ0) is 17.7. The first-order valence-electron chi connectivity index (χ1n) is 8.11. The first-order chi connectivity index (χ1) is 11.4. The Morgan fingerprint density at radius 1 is 1.12 bits per heavy atom. The molecule has 0 radical (unpaired) electrons. The minimum absolute atomic E-state index is 0.0178. The predicted octanol–water partition coefficient (Wildman–Crippen LogP) is 2.33. The lowest BCUT2D eigenvalue weighted by atomic mass is 10.0. The maximum absolute atomic E-state index is 13.3. The maximum atomic E-state index is 13.3. The summed E-state index contributed by atoms with van der Waals surface area (Å²) in [7, 11) is 0. The number of urea groups is 1. The van der Waals surface area contributed by atoms with Gasteiger partial charge in [0.25, 0.3) is 0 Å². The molecule has 1 aromatic carbocycles. The van der Waals surface area contributed by atoms with Crippen LogP contribution in [0.4, 0.5) is 13.6 Å². The Hall–Kier alpha value is -2.18. The van der Waals surface area contributed by atoms with Crippen LogP contribution in [0.15, 0.2) is 18.2 Å². The first kappa shape index (κ1) is 18.2. The van der Waals surface area contributed by atoms with Crippen molar-refractivity contribution in [1.29, 1.82) is 0 Å². The van der Waals surface area contributed by atoms with Gasteiger partial charge in [0.15, 0.2) is 11.6 Å². The zero-order valence-electron chi connectivity index (χ0n) is 14.0. The van der Waals surface area contributed by atoms with Gasteiger partial charge >= 0.3 is 6.03 Å². The van der Waals surface area contributed by atoms with E-state index in [4.69, 9.17) is 0 Å². The molecule has 1 aromatic rings. The van der Waals surface area contributed by atoms with Crippen LogP contribution in [0.2, 0.25) is 0 Å². The molecular weight excluding hydrogens is 316 g/mol. The predicted molar refractivity (Wildman–Crippen MR) is 86.6 cm³/mol. The molecule has 5 nitrogen and oxygen atoms in total. The lowest BCUT2D eigenvalue weighted by Gasteiger charge is -2.23. The molecule has 1 heterocycles. The highest BCUT2D eigenvalue weighted by Gasteiger charge is 2.20. The minimum Gasteiger partial charge on any atom is -0.341 e. The summed E-state index contributed by atoms with van der Waals surface area (Å²) in [4.78, 5) is 27.1. The number of rotatable bonds is 3. The molecule has 1 atom stereocenters. The van der Waals surface area contributed by atoms with Crippen molar-refractivity contribution in [2.45, 2.75) is 26.2 Å². The average Bonchev–Trinajstić information content (AvgIpc) is 2.81. The topological polar surface area (TPSA) is 52.7 Å². The van der Waals surface area contributed by atoms with Crippen molar-refractivity contribution in [2.24, 2.45) is 0 Å². The van der Waals surface area contributed by atoms with Crippen LogP contribution in [0.25, 0.3) is 0 Å². The van der Waals surface area contributed by atoms with E-state index in [0.717, 1.165) is 18.6 Å². The molecule has 1 N–H and O–H groups in total. The third-order valence-corrected chi connectivity index (χ3v) is 4.30. The van der Waals surface area contributed by atoms with Crippen LogP contribution in [0.5, 0.6) is 0 Å². The molecule has 132 valence electrons. The van der Waals surface area contributed by atoms with Crippen LogP contribution < -0.4 is 5.32 Å². The Balaban J connectivity index is 1.85. The Morgan fingerprint density at radius 2 is 1.79 bits per heavy atom. The molecule has 2 rings (SSSR count). The Morgan fingerprint density at radius 3 is 2.46 bits per heavy atom. The van der Waals surface area contributed by atoms with Crippen molar-refractivity contribution in [1.82, 2.24) is 15.1 Å². The molecule has 0 aromatic heterocycles. The maximum Gasteiger partial charge on any atom is 0.317 e. The number of benzene rings is 1. The fourth-order valence-electron chi connectivity index (χ4n) is 2.72. The van der Waals surface area contributed by atoms with E-state index in [2.05, 4.69) is 5.32 Å². The summed E-state index contributed by atoms with van der Waals surface area (Å²) in [5.41, 5.74) is 0.632. The summed E-state index contributed by atoms with van der Waals surface area (Å²) >= 11 is 0. The van der Waals surface area contributed by atoms with E-state index >= 15 is 0 Å². The fraction of sp³-hybridized carbons (Fsp3) is 0.529. The summed E-state index contributed by atoms with van der Waals surface area (Å²) in [6.07, 6.45) is 0.742. The minimum atomic E-state index is -0.887. The summed E-state index contributed by atoms with van der Waals surface area (Å²) in [6, 6.07) is 3.57. The van der Waals surface area contributed by atoms with Crippen molar-refractivity contribution in [3.05, 3.63) is 35.4 Å². The van der Waals surface area contributed by atoms with Crippen LogP contribution in [0, 0.1) is 11.6 Å². The van der Waals surface area contributed by atoms with Gasteiger partial charge in [-0.25, -0.2) is 13.6 Å². The van der Waals surface area contributed by atoms with Crippen molar-refractivity contribution in [3.63, 3.8) is 0 Å². The average molecular weight is 339 g/mol. The third kappa shape index (κ3) is 4.66. The van der Waals surface area contributed by atoms with E-state index in [-0.39, 0.29) is 17.9 Å². The summed E-state index contributed by atoms with van der Waals surface area (Å²) in [6.45, 7) is 5.97. The van der Waals surface area contributed by atoms with Gasteiger partial charge in [-0.2, -0.15) is 0 Å². The molecule has 0 spiro atoms. The lowest BCUT2D eigenvalue weighted by Crippen LogP contribution is -2.43. The van der Waals surface area contributed by atoms with E-state index in [9.17, 15) is 18.4 Å². The number of carbonyl (C=O) groups excluding carboxylic acids is 2. The number of nitrogens with zero attached hydrogens (tertiary/aromatic N) is 2.